The van der Waals surface area contributed by atoms with Crippen molar-refractivity contribution < 1.29 is 13.9 Å². The number of nitrogens with zero attached hydrogens (tertiary/aromatic N) is 1. The number of hydrazone groups is 1. The molecule has 0 aliphatic heterocycles. The van der Waals surface area contributed by atoms with Gasteiger partial charge in [0.15, 0.2) is 6.10 Å². The van der Waals surface area contributed by atoms with Crippen molar-refractivity contribution in [2.45, 2.75) is 13.0 Å². The Hall–Kier alpha value is -1.82. The van der Waals surface area contributed by atoms with Gasteiger partial charge in [-0.25, -0.2) is 9.82 Å². The van der Waals surface area contributed by atoms with Gasteiger partial charge in [-0.1, -0.05) is 34.8 Å². The lowest BCUT2D eigenvalue weighted by Crippen LogP contribution is -2.33. The predicted molar refractivity (Wildman–Crippen MR) is 93.7 cm³/mol. The largest absolute Gasteiger partial charge is 0.479 e. The summed E-state index contributed by atoms with van der Waals surface area (Å²) in [6.45, 7) is 1.54. The van der Waals surface area contributed by atoms with Crippen LogP contribution in [0.2, 0.25) is 15.1 Å². The van der Waals surface area contributed by atoms with Crippen LogP contribution in [0.1, 0.15) is 12.5 Å². The van der Waals surface area contributed by atoms with Crippen LogP contribution in [-0.2, 0) is 4.79 Å². The molecule has 0 aliphatic carbocycles. The van der Waals surface area contributed by atoms with Gasteiger partial charge in [0.25, 0.3) is 5.91 Å². The molecule has 126 valence electrons. The standard InChI is InChI=1S/C16H12Cl3FN2O2/c1-9(24-15-5-3-11(17)6-14(15)19)16(23)22-21-8-10-2-4-12(20)7-13(10)18/h2-9H,1H3,(H,22,23). The molecule has 0 heterocycles. The topological polar surface area (TPSA) is 50.7 Å². The zero-order valence-corrected chi connectivity index (χ0v) is 14.7. The van der Waals surface area contributed by atoms with Crippen molar-refractivity contribution in [1.29, 1.82) is 0 Å². The van der Waals surface area contributed by atoms with Crippen molar-refractivity contribution >= 4 is 46.9 Å². The molecule has 0 saturated carbocycles. The average Bonchev–Trinajstić information content (AvgIpc) is 2.52. The SMILES string of the molecule is CC(Oc1ccc(Cl)cc1Cl)C(=O)NN=Cc1ccc(F)cc1Cl. The zero-order valence-electron chi connectivity index (χ0n) is 12.4. The highest BCUT2D eigenvalue weighted by atomic mass is 35.5. The van der Waals surface area contributed by atoms with Crippen LogP contribution in [0.15, 0.2) is 41.5 Å². The second kappa shape index (κ2) is 8.33. The Morgan fingerprint density at radius 3 is 2.62 bits per heavy atom. The Kier molecular flexibility index (Phi) is 6.43. The maximum absolute atomic E-state index is 12.9. The molecule has 2 rings (SSSR count). The van der Waals surface area contributed by atoms with E-state index in [0.29, 0.717) is 21.4 Å². The van der Waals surface area contributed by atoms with Crippen molar-refractivity contribution in [3.8, 4) is 5.75 Å². The van der Waals surface area contributed by atoms with Gasteiger partial charge in [-0.15, -0.1) is 0 Å². The van der Waals surface area contributed by atoms with E-state index in [1.165, 1.54) is 24.4 Å². The van der Waals surface area contributed by atoms with Crippen molar-refractivity contribution in [3.05, 3.63) is 62.8 Å². The van der Waals surface area contributed by atoms with Crippen molar-refractivity contribution in [1.82, 2.24) is 5.43 Å². The minimum Gasteiger partial charge on any atom is -0.479 e. The van der Waals surface area contributed by atoms with Crippen LogP contribution in [0, 0.1) is 5.82 Å². The third-order valence-electron chi connectivity index (χ3n) is 2.91. The third kappa shape index (κ3) is 5.09. The summed E-state index contributed by atoms with van der Waals surface area (Å²) in [4.78, 5) is 11.9. The molecule has 0 radical (unpaired) electrons. The highest BCUT2D eigenvalue weighted by Crippen LogP contribution is 2.28. The van der Waals surface area contributed by atoms with Crippen molar-refractivity contribution in [3.63, 3.8) is 0 Å². The van der Waals surface area contributed by atoms with Gasteiger partial charge in [-0.2, -0.15) is 5.10 Å². The summed E-state index contributed by atoms with van der Waals surface area (Å²) in [5.74, 6) is -0.618. The number of halogens is 4. The molecule has 4 nitrogen and oxygen atoms in total. The Labute approximate surface area is 153 Å². The minimum absolute atomic E-state index is 0.185. The van der Waals surface area contributed by atoms with E-state index in [-0.39, 0.29) is 5.02 Å². The molecule has 0 fully saturated rings. The number of amides is 1. The number of hydrogen-bond donors (Lipinski definition) is 1. The normalized spacial score (nSPS) is 12.2. The number of carbonyl (C=O) groups is 1. The van der Waals surface area contributed by atoms with Crippen LogP contribution in [0.5, 0.6) is 5.75 Å². The molecule has 1 amide bonds. The number of benzene rings is 2. The first kappa shape index (κ1) is 18.5. The molecule has 1 N–H and O–H groups in total. The fraction of sp³-hybridized carbons (Fsp3) is 0.125. The van der Waals surface area contributed by atoms with Crippen LogP contribution in [0.3, 0.4) is 0 Å². The smallest absolute Gasteiger partial charge is 0.280 e. The summed E-state index contributed by atoms with van der Waals surface area (Å²) in [5, 5.41) is 4.71. The first-order valence-corrected chi connectivity index (χ1v) is 7.90. The molecule has 1 unspecified atom stereocenters. The molecular weight excluding hydrogens is 378 g/mol. The number of nitrogens with one attached hydrogen (secondary N) is 1. The van der Waals surface area contributed by atoms with Crippen LogP contribution >= 0.6 is 34.8 Å². The molecule has 24 heavy (non-hydrogen) atoms. The van der Waals surface area contributed by atoms with Gasteiger partial charge < -0.3 is 4.74 Å². The number of ether oxygens (including phenoxy) is 1. The second-order valence-corrected chi connectivity index (χ2v) is 5.99. The maximum Gasteiger partial charge on any atom is 0.280 e. The monoisotopic (exact) mass is 388 g/mol. The lowest BCUT2D eigenvalue weighted by Gasteiger charge is -2.14. The summed E-state index contributed by atoms with van der Waals surface area (Å²) in [6.07, 6.45) is 0.464. The summed E-state index contributed by atoms with van der Waals surface area (Å²) < 4.78 is 18.4. The molecule has 0 spiro atoms. The van der Waals surface area contributed by atoms with Gasteiger partial charge in [-0.05, 0) is 43.3 Å². The summed E-state index contributed by atoms with van der Waals surface area (Å²) in [6, 6.07) is 8.51. The van der Waals surface area contributed by atoms with E-state index < -0.39 is 17.8 Å². The van der Waals surface area contributed by atoms with E-state index in [2.05, 4.69) is 10.5 Å². The quantitative estimate of drug-likeness (QED) is 0.595. The van der Waals surface area contributed by atoms with Crippen molar-refractivity contribution in [2.75, 3.05) is 0 Å². The average molecular weight is 390 g/mol. The van der Waals surface area contributed by atoms with E-state index >= 15 is 0 Å². The van der Waals surface area contributed by atoms with E-state index in [1.807, 2.05) is 0 Å². The molecule has 0 saturated heterocycles. The van der Waals surface area contributed by atoms with Crippen LogP contribution in [0.4, 0.5) is 4.39 Å². The fourth-order valence-electron chi connectivity index (χ4n) is 1.68. The molecule has 2 aromatic rings. The van der Waals surface area contributed by atoms with E-state index in [4.69, 9.17) is 39.5 Å². The number of hydrogen-bond acceptors (Lipinski definition) is 3. The highest BCUT2D eigenvalue weighted by Gasteiger charge is 2.15. The minimum atomic E-state index is -0.843. The van der Waals surface area contributed by atoms with E-state index in [0.717, 1.165) is 6.07 Å². The summed E-state index contributed by atoms with van der Waals surface area (Å²) >= 11 is 17.6. The first-order chi connectivity index (χ1) is 11.4. The number of rotatable bonds is 5. The van der Waals surface area contributed by atoms with E-state index in [9.17, 15) is 9.18 Å². The van der Waals surface area contributed by atoms with Gasteiger partial charge >= 0.3 is 0 Å². The lowest BCUT2D eigenvalue weighted by atomic mass is 10.2. The van der Waals surface area contributed by atoms with Crippen LogP contribution in [-0.4, -0.2) is 18.2 Å². The first-order valence-electron chi connectivity index (χ1n) is 6.76. The van der Waals surface area contributed by atoms with Crippen LogP contribution in [0.25, 0.3) is 0 Å². The Morgan fingerprint density at radius 1 is 1.21 bits per heavy atom. The summed E-state index contributed by atoms with van der Waals surface area (Å²) in [7, 11) is 0. The van der Waals surface area contributed by atoms with Gasteiger partial charge in [0.1, 0.15) is 11.6 Å². The molecule has 2 aromatic carbocycles. The molecule has 0 aliphatic rings. The Morgan fingerprint density at radius 2 is 1.96 bits per heavy atom. The number of carbonyl (C=O) groups excluding carboxylic acids is 1. The highest BCUT2D eigenvalue weighted by molar-refractivity contribution is 6.35. The zero-order chi connectivity index (χ0) is 17.7. The third-order valence-corrected chi connectivity index (χ3v) is 3.77. The van der Waals surface area contributed by atoms with Crippen molar-refractivity contribution in [2.24, 2.45) is 5.10 Å². The van der Waals surface area contributed by atoms with Crippen LogP contribution < -0.4 is 10.2 Å². The molecule has 0 bridgehead atoms. The van der Waals surface area contributed by atoms with Gasteiger partial charge in [0.2, 0.25) is 0 Å². The summed E-state index contributed by atoms with van der Waals surface area (Å²) in [5.41, 5.74) is 2.77. The Bertz CT molecular complexity index is 784. The predicted octanol–water partition coefficient (Wildman–Crippen LogP) is 4.70. The lowest BCUT2D eigenvalue weighted by molar-refractivity contribution is -0.127. The molecule has 0 aromatic heterocycles. The van der Waals surface area contributed by atoms with Gasteiger partial charge in [0, 0.05) is 10.6 Å². The Balaban J connectivity index is 1.95. The van der Waals surface area contributed by atoms with Gasteiger partial charge in [0.05, 0.1) is 16.3 Å². The molecule has 8 heteroatoms. The molecule has 1 atom stereocenters. The maximum atomic E-state index is 12.9. The second-order valence-electron chi connectivity index (χ2n) is 4.73. The van der Waals surface area contributed by atoms with E-state index in [1.54, 1.807) is 19.1 Å². The molecular formula is C16H12Cl3FN2O2. The fourth-order valence-corrected chi connectivity index (χ4v) is 2.35. The van der Waals surface area contributed by atoms with Gasteiger partial charge in [-0.3, -0.25) is 4.79 Å².